The van der Waals surface area contributed by atoms with Crippen LogP contribution in [0.3, 0.4) is 0 Å². The van der Waals surface area contributed by atoms with Crippen LogP contribution >= 0.6 is 47.0 Å². The Kier molecular flexibility index (Phi) is 35.3. The van der Waals surface area contributed by atoms with E-state index in [0.717, 1.165) is 11.5 Å². The first-order chi connectivity index (χ1) is 41.6. The molecule has 0 aliphatic carbocycles. The summed E-state index contributed by atoms with van der Waals surface area (Å²) in [6.45, 7) is 4.98. The molecular weight excluding hydrogens is 1230 g/mol. The van der Waals surface area contributed by atoms with Gasteiger partial charge in [0.25, 0.3) is 0 Å². The third-order valence-electron chi connectivity index (χ3n) is 13.2. The predicted molar refractivity (Wildman–Crippen MR) is 308 cm³/mol. The summed E-state index contributed by atoms with van der Waals surface area (Å²) >= 11 is 17.4. The number of amidine groups is 1. The van der Waals surface area contributed by atoms with Gasteiger partial charge in [-0.3, -0.25) is 14.4 Å². The number of amides is 3. The normalized spacial score (nSPS) is 25.3. The Balaban J connectivity index is 0.801. The average Bonchev–Trinajstić information content (AvgIpc) is 1.63. The third-order valence-corrected chi connectivity index (χ3v) is 14.4. The molecule has 86 heavy (non-hydrogen) atoms. The van der Waals surface area contributed by atoms with Crippen molar-refractivity contribution in [1.29, 1.82) is 0 Å². The second-order valence-electron chi connectivity index (χ2n) is 19.7. The molecule has 490 valence electrons. The molecule has 3 amide bonds. The monoisotopic (exact) mass is 1310 g/mol. The number of nitrogens with two attached hydrogens (primary N) is 1. The van der Waals surface area contributed by atoms with Crippen molar-refractivity contribution < 1.29 is 101 Å². The lowest BCUT2D eigenvalue weighted by molar-refractivity contribution is -0.236. The average molecular weight is 1310 g/mol. The first-order valence-electron chi connectivity index (χ1n) is 28.1. The second kappa shape index (κ2) is 41.6. The van der Waals surface area contributed by atoms with Gasteiger partial charge in [-0.25, -0.2) is 0 Å². The zero-order chi connectivity index (χ0) is 61.8. The predicted octanol–water partition coefficient (Wildman–Crippen LogP) is -2.00. The lowest BCUT2D eigenvalue weighted by atomic mass is 9.88. The number of unbranched alkanes of at least 4 members (excludes halogenated alkanes) is 2. The number of nitrogens with zero attached hydrogens (tertiary/aromatic N) is 6. The molecule has 33 nitrogen and oxygen atoms in total. The molecule has 4 aliphatic heterocycles. The van der Waals surface area contributed by atoms with Gasteiger partial charge in [0.2, 0.25) is 28.1 Å². The standard InChI is InChI=1S/C49H82Cl2N12O21S2/c50-44(52)60-46(85)58-36-38(67)40(69)48(30-81-42(36)83-48)28-79-24-22-75-20-18-73-16-14-71-12-8-54-33(64)5-10-77-26-32(57-35(66)4-2-1-3-7-56-63-53)27-78-11-6-34(65)55-9-13-72-15-17-74-19-21-76-23-25-80-29-49-31-82-43(84-49)37(39(68)41(49)70)59-47-61-45(51)62-86-47/h32,36-43,67-70H,1-31H2,(H,54,64)(H,55,65)(H,57,66)(H,59,61,62)(H3,52,58,60,85)/t32?,36-,37-,38-,39-,40-,41-,42+,43+,48+,49+/m1/s1. The highest BCUT2D eigenvalue weighted by atomic mass is 35.5. The summed E-state index contributed by atoms with van der Waals surface area (Å²) in [6.07, 6.45) is -4.59. The smallest absolute Gasteiger partial charge is 0.236 e. The van der Waals surface area contributed by atoms with E-state index >= 15 is 0 Å². The van der Waals surface area contributed by atoms with Crippen molar-refractivity contribution in [3.63, 3.8) is 0 Å². The van der Waals surface area contributed by atoms with Gasteiger partial charge in [-0.1, -0.05) is 11.5 Å². The number of aromatic nitrogens is 2. The number of anilines is 1. The van der Waals surface area contributed by atoms with E-state index in [1.807, 2.05) is 0 Å². The van der Waals surface area contributed by atoms with Crippen LogP contribution in [0.1, 0.15) is 38.5 Å². The Labute approximate surface area is 516 Å². The van der Waals surface area contributed by atoms with E-state index in [9.17, 15) is 34.8 Å². The number of azide groups is 1. The molecule has 0 aromatic carbocycles. The lowest BCUT2D eigenvalue weighted by Crippen LogP contribution is -2.66. The number of thiocarbonyl (C=S) groups is 1. The van der Waals surface area contributed by atoms with Crippen LogP contribution in [0.4, 0.5) is 5.13 Å². The molecule has 4 aliphatic rings. The van der Waals surface area contributed by atoms with Crippen molar-refractivity contribution in [3.05, 3.63) is 15.7 Å². The maximum absolute atomic E-state index is 12.7. The Morgan fingerprint density at radius 3 is 1.64 bits per heavy atom. The number of hydrogen-bond donors (Lipinski definition) is 10. The lowest BCUT2D eigenvalue weighted by Gasteiger charge is -2.42. The Morgan fingerprint density at radius 1 is 0.686 bits per heavy atom. The van der Waals surface area contributed by atoms with Gasteiger partial charge in [-0.05, 0) is 53.8 Å². The van der Waals surface area contributed by atoms with Crippen LogP contribution in [0.25, 0.3) is 10.4 Å². The molecule has 0 radical (unpaired) electrons. The summed E-state index contributed by atoms with van der Waals surface area (Å²) in [5.74, 6) is -0.712. The number of aliphatic hydroxyl groups excluding tert-OH is 4. The molecule has 0 spiro atoms. The number of aliphatic imine (C=N–C) groups is 1. The van der Waals surface area contributed by atoms with Crippen LogP contribution in [0, 0.1) is 0 Å². The summed E-state index contributed by atoms with van der Waals surface area (Å²) in [5, 5.41) is 60.8. The Hall–Kier alpha value is -3.70. The molecule has 0 saturated carbocycles. The third kappa shape index (κ3) is 26.8. The van der Waals surface area contributed by atoms with Crippen LogP contribution in [0.5, 0.6) is 0 Å². The largest absolute Gasteiger partial charge is 0.388 e. The minimum Gasteiger partial charge on any atom is -0.388 e. The molecule has 5 rings (SSSR count). The number of ether oxygens (including phenoxy) is 14. The van der Waals surface area contributed by atoms with Crippen molar-refractivity contribution in [3.8, 4) is 0 Å². The molecule has 1 aromatic rings. The van der Waals surface area contributed by atoms with Crippen molar-refractivity contribution in [2.75, 3.05) is 170 Å². The van der Waals surface area contributed by atoms with E-state index in [0.29, 0.717) is 83.8 Å². The number of carbonyl (C=O) groups is 3. The number of hydrogen-bond acceptors (Lipinski definition) is 27. The van der Waals surface area contributed by atoms with Gasteiger partial charge in [0, 0.05) is 55.3 Å². The molecule has 11 N–H and O–H groups in total. The molecule has 4 saturated heterocycles. The fourth-order valence-corrected chi connectivity index (χ4v) is 9.89. The summed E-state index contributed by atoms with van der Waals surface area (Å²) in [6, 6.07) is -2.24. The van der Waals surface area contributed by atoms with Gasteiger partial charge in [-0.2, -0.15) is 14.3 Å². The fourth-order valence-electron chi connectivity index (χ4n) is 8.77. The van der Waals surface area contributed by atoms with E-state index < -0.39 is 66.3 Å². The molecule has 11 atom stereocenters. The second-order valence-corrected chi connectivity index (χ2v) is 21.6. The summed E-state index contributed by atoms with van der Waals surface area (Å²) in [5.41, 5.74) is 11.3. The van der Waals surface area contributed by atoms with E-state index in [-0.39, 0.29) is 158 Å². The van der Waals surface area contributed by atoms with Crippen LogP contribution in [-0.2, 0) is 80.7 Å². The van der Waals surface area contributed by atoms with Crippen LogP contribution in [-0.4, -0.2) is 289 Å². The van der Waals surface area contributed by atoms with Crippen LogP contribution in [0.2, 0.25) is 5.28 Å². The van der Waals surface area contributed by atoms with Gasteiger partial charge in [-0.15, -0.1) is 0 Å². The highest BCUT2D eigenvalue weighted by Crippen LogP contribution is 2.39. The number of fused-ring (bicyclic) bond motifs is 4. The first-order valence-corrected chi connectivity index (χ1v) is 30.1. The van der Waals surface area contributed by atoms with E-state index in [4.69, 9.17) is 113 Å². The Morgan fingerprint density at radius 2 is 1.16 bits per heavy atom. The van der Waals surface area contributed by atoms with Gasteiger partial charge in [0.05, 0.1) is 151 Å². The SMILES string of the molecule is [N-]=[N+]=NCCCCCC(=O)NC(COCCC(=O)NCCOCCOCCOCCOC[C@@]12CO[C@@H](O1)[C@H](NC(=S)/N=C(\N)Cl)[C@@H](O)[C@H]2O)COCCC(=O)NCCOCCOCCOCCOC[C@@]12CO[C@@H](O1)[C@H](Nc1nc(Cl)ns1)[C@@H](O)[C@H]2O. The van der Waals surface area contributed by atoms with Gasteiger partial charge in [0.1, 0.15) is 47.7 Å². The molecule has 4 bridgehead atoms. The van der Waals surface area contributed by atoms with Gasteiger partial charge in [0.15, 0.2) is 23.0 Å². The van der Waals surface area contributed by atoms with Crippen LogP contribution < -0.4 is 32.3 Å². The van der Waals surface area contributed by atoms with Crippen molar-refractivity contribution in [2.45, 2.75) is 105 Å². The molecule has 37 heteroatoms. The molecule has 4 fully saturated rings. The number of carbonyl (C=O) groups excluding carboxylic acids is 3. The van der Waals surface area contributed by atoms with E-state index in [2.05, 4.69) is 51.0 Å². The first kappa shape index (κ1) is 73.0. The van der Waals surface area contributed by atoms with E-state index in [1.165, 1.54) is 0 Å². The zero-order valence-electron chi connectivity index (χ0n) is 47.7. The minimum atomic E-state index is -1.35. The quantitative estimate of drug-likeness (QED) is 0.00493. The summed E-state index contributed by atoms with van der Waals surface area (Å²) in [7, 11) is 0. The minimum absolute atomic E-state index is 0.0184. The number of rotatable bonds is 48. The van der Waals surface area contributed by atoms with E-state index in [1.54, 1.807) is 0 Å². The summed E-state index contributed by atoms with van der Waals surface area (Å²) in [4.78, 5) is 48.0. The number of aliphatic hydroxyl groups is 4. The van der Waals surface area contributed by atoms with Crippen LogP contribution in [0.15, 0.2) is 10.1 Å². The zero-order valence-corrected chi connectivity index (χ0v) is 50.8. The molecule has 5 heterocycles. The molecule has 1 aromatic heterocycles. The topological polar surface area (TPSA) is 434 Å². The van der Waals surface area contributed by atoms with Gasteiger partial charge >= 0.3 is 0 Å². The maximum Gasteiger partial charge on any atom is 0.236 e. The number of halogens is 2. The molecule has 1 unspecified atom stereocenters. The maximum atomic E-state index is 12.7. The Bertz CT molecular complexity index is 2220. The summed E-state index contributed by atoms with van der Waals surface area (Å²) < 4.78 is 83.0. The van der Waals surface area contributed by atoms with Gasteiger partial charge < -0.3 is 119 Å². The van der Waals surface area contributed by atoms with Crippen molar-refractivity contribution >= 4 is 80.2 Å². The molecular formula is C49H82Cl2N12O21S2. The fraction of sp³-hybridized carbons (Fsp3) is 0.857. The highest BCUT2D eigenvalue weighted by molar-refractivity contribution is 7.80. The highest BCUT2D eigenvalue weighted by Gasteiger charge is 2.61. The van der Waals surface area contributed by atoms with Crippen molar-refractivity contribution in [1.82, 2.24) is 30.6 Å². The van der Waals surface area contributed by atoms with Crippen molar-refractivity contribution in [2.24, 2.45) is 15.8 Å². The number of nitrogens with one attached hydrogen (secondary N) is 5.